The first-order valence-corrected chi connectivity index (χ1v) is 8.21. The van der Waals surface area contributed by atoms with Crippen LogP contribution in [0.5, 0.6) is 0 Å². The highest BCUT2D eigenvalue weighted by Gasteiger charge is 2.30. The fourth-order valence-electron chi connectivity index (χ4n) is 2.27. The van der Waals surface area contributed by atoms with Crippen LogP contribution in [0.25, 0.3) is 0 Å². The van der Waals surface area contributed by atoms with Crippen LogP contribution in [-0.4, -0.2) is 28.9 Å². The predicted octanol–water partition coefficient (Wildman–Crippen LogP) is 2.80. The number of benzene rings is 1. The molecule has 1 aromatic rings. The van der Waals surface area contributed by atoms with Crippen LogP contribution in [0.2, 0.25) is 0 Å². The van der Waals surface area contributed by atoms with Crippen molar-refractivity contribution in [2.24, 2.45) is 4.99 Å². The highest BCUT2D eigenvalue weighted by atomic mass is 32.2. The third kappa shape index (κ3) is 3.70. The minimum absolute atomic E-state index is 0.0391. The Kier molecular flexibility index (Phi) is 5.38. The first-order chi connectivity index (χ1) is 11.0. The van der Waals surface area contributed by atoms with Gasteiger partial charge < -0.3 is 10.1 Å². The molecule has 0 aliphatic carbocycles. The van der Waals surface area contributed by atoms with Gasteiger partial charge >= 0.3 is 5.97 Å². The molecular formula is C15H17N3O4S. The number of esters is 1. The number of hydrogen-bond acceptors (Lipinski definition) is 7. The summed E-state index contributed by atoms with van der Waals surface area (Å²) in [7, 11) is 0. The van der Waals surface area contributed by atoms with E-state index in [0.717, 1.165) is 0 Å². The number of rotatable bonds is 4. The van der Waals surface area contributed by atoms with Gasteiger partial charge in [-0.3, -0.25) is 10.1 Å². The van der Waals surface area contributed by atoms with Crippen molar-refractivity contribution >= 4 is 28.6 Å². The average molecular weight is 335 g/mol. The van der Waals surface area contributed by atoms with Crippen LogP contribution >= 0.6 is 11.8 Å². The first-order valence-electron chi connectivity index (χ1n) is 6.99. The second-order valence-electron chi connectivity index (χ2n) is 4.78. The molecule has 122 valence electrons. The highest BCUT2D eigenvalue weighted by molar-refractivity contribution is 8.13. The van der Waals surface area contributed by atoms with Gasteiger partial charge in [-0.05, 0) is 25.7 Å². The van der Waals surface area contributed by atoms with Crippen LogP contribution in [0.4, 0.5) is 5.69 Å². The zero-order chi connectivity index (χ0) is 17.0. The van der Waals surface area contributed by atoms with Gasteiger partial charge in [0.2, 0.25) is 0 Å². The Hall–Kier alpha value is -2.35. The molecule has 1 aromatic carbocycles. The van der Waals surface area contributed by atoms with Gasteiger partial charge in [-0.2, -0.15) is 0 Å². The van der Waals surface area contributed by atoms with E-state index in [-0.39, 0.29) is 12.3 Å². The summed E-state index contributed by atoms with van der Waals surface area (Å²) in [5, 5.41) is 14.7. The highest BCUT2D eigenvalue weighted by Crippen LogP contribution is 2.33. The second-order valence-corrected chi connectivity index (χ2v) is 5.57. The zero-order valence-corrected chi connectivity index (χ0v) is 13.8. The lowest BCUT2D eigenvalue weighted by atomic mass is 9.96. The lowest BCUT2D eigenvalue weighted by Crippen LogP contribution is -2.30. The fourth-order valence-corrected chi connectivity index (χ4v) is 2.74. The van der Waals surface area contributed by atoms with E-state index in [9.17, 15) is 14.9 Å². The van der Waals surface area contributed by atoms with Gasteiger partial charge in [0.05, 0.1) is 17.1 Å². The molecule has 23 heavy (non-hydrogen) atoms. The van der Waals surface area contributed by atoms with Crippen molar-refractivity contribution < 1.29 is 14.5 Å². The van der Waals surface area contributed by atoms with Crippen LogP contribution < -0.4 is 5.32 Å². The Morgan fingerprint density at radius 1 is 1.52 bits per heavy atom. The van der Waals surface area contributed by atoms with Crippen molar-refractivity contribution in [2.45, 2.75) is 19.9 Å². The van der Waals surface area contributed by atoms with Crippen molar-refractivity contribution in [2.75, 3.05) is 12.9 Å². The first kappa shape index (κ1) is 17.0. The van der Waals surface area contributed by atoms with E-state index >= 15 is 0 Å². The summed E-state index contributed by atoms with van der Waals surface area (Å²) in [6.45, 7) is 3.74. The molecule has 1 N–H and O–H groups in total. The molecule has 0 unspecified atom stereocenters. The third-order valence-electron chi connectivity index (χ3n) is 3.30. The summed E-state index contributed by atoms with van der Waals surface area (Å²) in [6, 6.07) is 5.52. The topological polar surface area (TPSA) is 93.8 Å². The largest absolute Gasteiger partial charge is 0.463 e. The maximum absolute atomic E-state index is 12.3. The number of carbonyl (C=O) groups is 1. The third-order valence-corrected chi connectivity index (χ3v) is 3.90. The van der Waals surface area contributed by atoms with Gasteiger partial charge in [-0.1, -0.05) is 23.9 Å². The number of hydrogen-bond donors (Lipinski definition) is 1. The van der Waals surface area contributed by atoms with E-state index in [2.05, 4.69) is 10.3 Å². The van der Waals surface area contributed by atoms with E-state index in [1.54, 1.807) is 26.0 Å². The number of ether oxygens (including phenoxy) is 1. The van der Waals surface area contributed by atoms with Gasteiger partial charge in [-0.15, -0.1) is 0 Å². The Morgan fingerprint density at radius 2 is 2.26 bits per heavy atom. The fraction of sp³-hybridized carbons (Fsp3) is 0.333. The van der Waals surface area contributed by atoms with Gasteiger partial charge in [-0.25, -0.2) is 9.79 Å². The number of nitro groups is 1. The summed E-state index contributed by atoms with van der Waals surface area (Å²) >= 11 is 1.40. The smallest absolute Gasteiger partial charge is 0.338 e. The number of nitrogens with zero attached hydrogens (tertiary/aromatic N) is 2. The van der Waals surface area contributed by atoms with Crippen molar-refractivity contribution in [3.8, 4) is 0 Å². The van der Waals surface area contributed by atoms with Crippen molar-refractivity contribution in [1.29, 1.82) is 0 Å². The number of carbonyl (C=O) groups excluding carboxylic acids is 1. The molecule has 7 nitrogen and oxygen atoms in total. The molecule has 0 saturated heterocycles. The normalized spacial score (nSPS) is 17.3. The molecule has 0 spiro atoms. The molecule has 1 atom stereocenters. The molecule has 0 bridgehead atoms. The van der Waals surface area contributed by atoms with E-state index in [1.807, 2.05) is 6.26 Å². The van der Waals surface area contributed by atoms with Crippen LogP contribution in [0.1, 0.15) is 25.5 Å². The Balaban J connectivity index is 2.51. The van der Waals surface area contributed by atoms with Crippen molar-refractivity contribution in [1.82, 2.24) is 5.32 Å². The van der Waals surface area contributed by atoms with E-state index in [0.29, 0.717) is 22.0 Å². The molecule has 0 fully saturated rings. The molecule has 1 heterocycles. The van der Waals surface area contributed by atoms with Crippen LogP contribution in [-0.2, 0) is 9.53 Å². The number of nitrogens with one attached hydrogen (secondary N) is 1. The predicted molar refractivity (Wildman–Crippen MR) is 89.3 cm³/mol. The molecule has 8 heteroatoms. The molecule has 1 aliphatic rings. The summed E-state index contributed by atoms with van der Waals surface area (Å²) in [5.41, 5.74) is 1.54. The Morgan fingerprint density at radius 3 is 2.87 bits per heavy atom. The quantitative estimate of drug-likeness (QED) is 0.516. The monoisotopic (exact) mass is 335 g/mol. The summed E-state index contributed by atoms with van der Waals surface area (Å²) in [4.78, 5) is 27.3. The SMILES string of the molecule is CCOC(=O)C1=C(C)NC(SC)=N[C@@H]1c1cccc([N+](=O)[O-])c1. The van der Waals surface area contributed by atoms with Crippen molar-refractivity contribution in [3.05, 3.63) is 51.2 Å². The maximum Gasteiger partial charge on any atom is 0.338 e. The number of aliphatic imine (C=N–C) groups is 1. The lowest BCUT2D eigenvalue weighted by molar-refractivity contribution is -0.384. The van der Waals surface area contributed by atoms with E-state index < -0.39 is 16.9 Å². The molecule has 0 aromatic heterocycles. The number of thioether (sulfide) groups is 1. The number of non-ortho nitro benzene ring substituents is 1. The number of allylic oxidation sites excluding steroid dienone is 1. The van der Waals surface area contributed by atoms with Crippen LogP contribution in [0.3, 0.4) is 0 Å². The molecule has 2 rings (SSSR count). The molecular weight excluding hydrogens is 318 g/mol. The van der Waals surface area contributed by atoms with Gasteiger partial charge in [0, 0.05) is 17.8 Å². The van der Waals surface area contributed by atoms with Crippen LogP contribution in [0, 0.1) is 10.1 Å². The lowest BCUT2D eigenvalue weighted by Gasteiger charge is -2.25. The summed E-state index contributed by atoms with van der Waals surface area (Å²) in [6.07, 6.45) is 1.86. The minimum Gasteiger partial charge on any atom is -0.463 e. The number of nitro benzene ring substituents is 1. The maximum atomic E-state index is 12.3. The molecule has 1 aliphatic heterocycles. The van der Waals surface area contributed by atoms with Gasteiger partial charge in [0.25, 0.3) is 5.69 Å². The minimum atomic E-state index is -0.627. The van der Waals surface area contributed by atoms with Gasteiger partial charge in [0.15, 0.2) is 5.17 Å². The summed E-state index contributed by atoms with van der Waals surface area (Å²) in [5.74, 6) is -0.474. The summed E-state index contributed by atoms with van der Waals surface area (Å²) < 4.78 is 5.10. The van der Waals surface area contributed by atoms with E-state index in [4.69, 9.17) is 4.74 Å². The number of amidine groups is 1. The Bertz CT molecular complexity index is 700. The molecule has 0 saturated carbocycles. The zero-order valence-electron chi connectivity index (χ0n) is 13.0. The standard InChI is InChI=1S/C15H17N3O4S/c1-4-22-14(19)12-9(2)16-15(23-3)17-13(12)10-6-5-7-11(8-10)18(20)21/h5-8,13H,4H2,1-3H3,(H,16,17)/t13-/m1/s1. The average Bonchev–Trinajstić information content (AvgIpc) is 2.54. The Labute approximate surface area is 138 Å². The van der Waals surface area contributed by atoms with Crippen molar-refractivity contribution in [3.63, 3.8) is 0 Å². The van der Waals surface area contributed by atoms with Gasteiger partial charge in [0.1, 0.15) is 6.04 Å². The second kappa shape index (κ2) is 7.28. The van der Waals surface area contributed by atoms with E-state index in [1.165, 1.54) is 23.9 Å². The molecule has 0 radical (unpaired) electrons. The van der Waals surface area contributed by atoms with Crippen LogP contribution in [0.15, 0.2) is 40.5 Å². The molecule has 0 amide bonds.